The Bertz CT molecular complexity index is 550. The molecule has 2 unspecified atom stereocenters. The number of piperidine rings is 1. The summed E-state index contributed by atoms with van der Waals surface area (Å²) in [4.78, 5) is 2.25. The molecule has 2 heterocycles. The van der Waals surface area contributed by atoms with E-state index in [2.05, 4.69) is 27.3 Å². The highest BCUT2D eigenvalue weighted by atomic mass is 15.6. The molecule has 0 bridgehead atoms. The molecule has 1 aromatic carbocycles. The van der Waals surface area contributed by atoms with E-state index < -0.39 is 0 Å². The lowest BCUT2D eigenvalue weighted by Gasteiger charge is -2.38. The van der Waals surface area contributed by atoms with E-state index in [1.54, 1.807) is 4.68 Å². The molecular formula is C14H20N6. The quantitative estimate of drug-likeness (QED) is 0.913. The summed E-state index contributed by atoms with van der Waals surface area (Å²) in [6.07, 6.45) is 3.47. The van der Waals surface area contributed by atoms with Crippen molar-refractivity contribution in [2.75, 3.05) is 11.4 Å². The summed E-state index contributed by atoms with van der Waals surface area (Å²) in [5.74, 6) is 0.790. The fraction of sp³-hybridized carbons (Fsp3) is 0.500. The fourth-order valence-corrected chi connectivity index (χ4v) is 2.85. The second-order valence-electron chi connectivity index (χ2n) is 5.34. The van der Waals surface area contributed by atoms with Crippen molar-refractivity contribution in [2.45, 2.75) is 38.3 Å². The summed E-state index contributed by atoms with van der Waals surface area (Å²) in [5, 5.41) is 12.2. The van der Waals surface area contributed by atoms with Crippen LogP contribution in [0, 0.1) is 0 Å². The Morgan fingerprint density at radius 1 is 1.25 bits per heavy atom. The van der Waals surface area contributed by atoms with Crippen LogP contribution in [0.1, 0.15) is 26.2 Å². The molecule has 0 saturated carbocycles. The molecule has 1 fully saturated rings. The Balaban J connectivity index is 1.96. The zero-order valence-corrected chi connectivity index (χ0v) is 11.7. The number of nitrogens with two attached hydrogens (primary N) is 1. The molecule has 0 amide bonds. The number of para-hydroxylation sites is 1. The van der Waals surface area contributed by atoms with Gasteiger partial charge in [0.2, 0.25) is 0 Å². The molecule has 6 nitrogen and oxygen atoms in total. The van der Waals surface area contributed by atoms with E-state index in [1.165, 1.54) is 6.42 Å². The number of rotatable bonds is 3. The van der Waals surface area contributed by atoms with Gasteiger partial charge in [-0.2, -0.15) is 4.68 Å². The predicted molar refractivity (Wildman–Crippen MR) is 77.8 cm³/mol. The largest absolute Gasteiger partial charge is 0.335 e. The van der Waals surface area contributed by atoms with Crippen LogP contribution >= 0.6 is 0 Å². The van der Waals surface area contributed by atoms with E-state index in [-0.39, 0.29) is 6.04 Å². The summed E-state index contributed by atoms with van der Waals surface area (Å²) in [7, 11) is 0. The van der Waals surface area contributed by atoms with Crippen molar-refractivity contribution in [3.8, 4) is 5.69 Å². The highest BCUT2D eigenvalue weighted by Crippen LogP contribution is 2.25. The predicted octanol–water partition coefficient (Wildman–Crippen LogP) is 1.37. The zero-order valence-electron chi connectivity index (χ0n) is 11.7. The van der Waals surface area contributed by atoms with Gasteiger partial charge < -0.3 is 10.6 Å². The average molecular weight is 272 g/mol. The van der Waals surface area contributed by atoms with Crippen LogP contribution in [0.3, 0.4) is 0 Å². The molecule has 0 radical (unpaired) electrons. The van der Waals surface area contributed by atoms with Crippen LogP contribution in [-0.2, 0) is 0 Å². The smallest absolute Gasteiger partial charge is 0.250 e. The standard InChI is InChI=1S/C14H20N6/c1-11(15)13-9-5-6-10-19(13)14-16-17-18-20(14)12-7-3-2-4-8-12/h2-4,7-8,11,13H,5-6,9-10,15H2,1H3. The van der Waals surface area contributed by atoms with Gasteiger partial charge in [0.05, 0.1) is 5.69 Å². The first-order valence-corrected chi connectivity index (χ1v) is 7.13. The summed E-state index contributed by atoms with van der Waals surface area (Å²) >= 11 is 0. The van der Waals surface area contributed by atoms with Crippen LogP contribution in [0.5, 0.6) is 0 Å². The van der Waals surface area contributed by atoms with Crippen molar-refractivity contribution in [2.24, 2.45) is 5.73 Å². The number of anilines is 1. The van der Waals surface area contributed by atoms with Crippen LogP contribution in [0.25, 0.3) is 5.69 Å². The molecule has 6 heteroatoms. The summed E-state index contributed by atoms with van der Waals surface area (Å²) < 4.78 is 1.79. The Morgan fingerprint density at radius 2 is 2.05 bits per heavy atom. The van der Waals surface area contributed by atoms with Crippen molar-refractivity contribution in [3.63, 3.8) is 0 Å². The second kappa shape index (κ2) is 5.58. The molecule has 3 rings (SSSR count). The Labute approximate surface area is 118 Å². The number of hydrogen-bond donors (Lipinski definition) is 1. The Kier molecular flexibility index (Phi) is 3.64. The molecule has 2 N–H and O–H groups in total. The molecule has 0 aliphatic carbocycles. The van der Waals surface area contributed by atoms with Crippen molar-refractivity contribution in [3.05, 3.63) is 30.3 Å². The number of hydrogen-bond acceptors (Lipinski definition) is 5. The molecule has 1 saturated heterocycles. The molecule has 2 aromatic rings. The number of tetrazole rings is 1. The maximum atomic E-state index is 6.13. The minimum atomic E-state index is 0.108. The van der Waals surface area contributed by atoms with Crippen LogP contribution < -0.4 is 10.6 Å². The normalized spacial score (nSPS) is 20.9. The third-order valence-corrected chi connectivity index (χ3v) is 3.87. The van der Waals surface area contributed by atoms with Gasteiger partial charge in [-0.05, 0) is 48.7 Å². The van der Waals surface area contributed by atoms with Gasteiger partial charge >= 0.3 is 0 Å². The fourth-order valence-electron chi connectivity index (χ4n) is 2.85. The molecule has 0 spiro atoms. The van der Waals surface area contributed by atoms with Gasteiger partial charge in [-0.25, -0.2) is 0 Å². The maximum absolute atomic E-state index is 6.13. The topological polar surface area (TPSA) is 72.9 Å². The Hall–Kier alpha value is -1.95. The molecule has 1 aliphatic heterocycles. The third-order valence-electron chi connectivity index (χ3n) is 3.87. The second-order valence-corrected chi connectivity index (χ2v) is 5.34. The molecule has 1 aliphatic rings. The Morgan fingerprint density at radius 3 is 2.80 bits per heavy atom. The van der Waals surface area contributed by atoms with Crippen LogP contribution in [0.4, 0.5) is 5.95 Å². The van der Waals surface area contributed by atoms with Crippen LogP contribution in [0.15, 0.2) is 30.3 Å². The van der Waals surface area contributed by atoms with Crippen LogP contribution in [-0.4, -0.2) is 38.8 Å². The molecule has 2 atom stereocenters. The maximum Gasteiger partial charge on any atom is 0.250 e. The van der Waals surface area contributed by atoms with Crippen molar-refractivity contribution >= 4 is 5.95 Å². The zero-order chi connectivity index (χ0) is 13.9. The lowest BCUT2D eigenvalue weighted by atomic mass is 9.97. The molecule has 20 heavy (non-hydrogen) atoms. The van der Waals surface area contributed by atoms with E-state index >= 15 is 0 Å². The summed E-state index contributed by atoms with van der Waals surface area (Å²) in [6.45, 7) is 3.01. The van der Waals surface area contributed by atoms with E-state index in [9.17, 15) is 0 Å². The third kappa shape index (κ3) is 2.38. The summed E-state index contributed by atoms with van der Waals surface area (Å²) in [5.41, 5.74) is 7.11. The van der Waals surface area contributed by atoms with E-state index in [1.807, 2.05) is 30.3 Å². The first-order valence-electron chi connectivity index (χ1n) is 7.13. The number of nitrogens with zero attached hydrogens (tertiary/aromatic N) is 5. The molecule has 106 valence electrons. The van der Waals surface area contributed by atoms with Crippen LogP contribution in [0.2, 0.25) is 0 Å². The highest BCUT2D eigenvalue weighted by molar-refractivity contribution is 5.42. The first-order chi connectivity index (χ1) is 9.77. The minimum Gasteiger partial charge on any atom is -0.335 e. The van der Waals surface area contributed by atoms with Gasteiger partial charge in [-0.1, -0.05) is 23.3 Å². The minimum absolute atomic E-state index is 0.108. The van der Waals surface area contributed by atoms with Crippen molar-refractivity contribution in [1.29, 1.82) is 0 Å². The van der Waals surface area contributed by atoms with Gasteiger partial charge in [0, 0.05) is 18.6 Å². The van der Waals surface area contributed by atoms with Crippen molar-refractivity contribution in [1.82, 2.24) is 20.2 Å². The van der Waals surface area contributed by atoms with Gasteiger partial charge in [-0.3, -0.25) is 0 Å². The van der Waals surface area contributed by atoms with Gasteiger partial charge in [0.1, 0.15) is 0 Å². The number of benzene rings is 1. The number of aromatic nitrogens is 4. The average Bonchev–Trinajstić information content (AvgIpc) is 2.97. The van der Waals surface area contributed by atoms with Gasteiger partial charge in [0.15, 0.2) is 0 Å². The lowest BCUT2D eigenvalue weighted by Crippen LogP contribution is -2.50. The lowest BCUT2D eigenvalue weighted by molar-refractivity contribution is 0.406. The monoisotopic (exact) mass is 272 g/mol. The first kappa shape index (κ1) is 13.1. The van der Waals surface area contributed by atoms with E-state index in [0.29, 0.717) is 6.04 Å². The van der Waals surface area contributed by atoms with Gasteiger partial charge in [-0.15, -0.1) is 0 Å². The van der Waals surface area contributed by atoms with E-state index in [0.717, 1.165) is 31.0 Å². The van der Waals surface area contributed by atoms with E-state index in [4.69, 9.17) is 5.73 Å². The highest BCUT2D eigenvalue weighted by Gasteiger charge is 2.29. The summed E-state index contributed by atoms with van der Waals surface area (Å²) in [6, 6.07) is 10.4. The molecule has 1 aromatic heterocycles. The van der Waals surface area contributed by atoms with Crippen molar-refractivity contribution < 1.29 is 0 Å². The van der Waals surface area contributed by atoms with Gasteiger partial charge in [0.25, 0.3) is 5.95 Å². The molecular weight excluding hydrogens is 252 g/mol. The SMILES string of the molecule is CC(N)C1CCCCN1c1nnnn1-c1ccccc1.